The van der Waals surface area contributed by atoms with Crippen LogP contribution in [0.3, 0.4) is 0 Å². The van der Waals surface area contributed by atoms with E-state index in [1.165, 1.54) is 0 Å². The van der Waals surface area contributed by atoms with Gasteiger partial charge in [-0.05, 0) is 30.9 Å². The van der Waals surface area contributed by atoms with Gasteiger partial charge in [-0.15, -0.1) is 0 Å². The molecule has 0 N–H and O–H groups in total. The Morgan fingerprint density at radius 3 is 2.70 bits per heavy atom. The number of amides is 2. The topological polar surface area (TPSA) is 66.7 Å². The first kappa shape index (κ1) is 18.0. The zero-order valence-electron chi connectivity index (χ0n) is 16.1. The summed E-state index contributed by atoms with van der Waals surface area (Å²) in [6.07, 6.45) is 2.07. The Labute approximate surface area is 159 Å². The Hall–Kier alpha value is -2.37. The van der Waals surface area contributed by atoms with Gasteiger partial charge in [-0.3, -0.25) is 9.59 Å². The fraction of sp³-hybridized carbons (Fsp3) is 0.571. The molecule has 2 amide bonds. The van der Waals surface area contributed by atoms with E-state index in [1.54, 1.807) is 0 Å². The molecule has 1 aromatic carbocycles. The first-order chi connectivity index (χ1) is 13.0. The van der Waals surface area contributed by atoms with E-state index in [9.17, 15) is 9.59 Å². The maximum Gasteiger partial charge on any atom is 0.227 e. The van der Waals surface area contributed by atoms with E-state index in [2.05, 4.69) is 18.8 Å². The third kappa shape index (κ3) is 3.70. The number of benzene rings is 1. The molecule has 0 spiro atoms. The minimum absolute atomic E-state index is 0.114. The highest BCUT2D eigenvalue weighted by molar-refractivity contribution is 5.89. The maximum absolute atomic E-state index is 12.9. The summed E-state index contributed by atoms with van der Waals surface area (Å²) in [5.41, 5.74) is 1.71. The average molecular weight is 369 g/mol. The zero-order valence-corrected chi connectivity index (χ0v) is 16.1. The van der Waals surface area contributed by atoms with Crippen molar-refractivity contribution in [3.05, 3.63) is 30.2 Å². The van der Waals surface area contributed by atoms with Crippen LogP contribution in [-0.4, -0.2) is 52.8 Å². The minimum atomic E-state index is -0.183. The summed E-state index contributed by atoms with van der Waals surface area (Å²) in [5, 5.41) is 0. The van der Waals surface area contributed by atoms with Gasteiger partial charge in [0.2, 0.25) is 11.8 Å². The molecule has 6 nitrogen and oxygen atoms in total. The van der Waals surface area contributed by atoms with Crippen molar-refractivity contribution in [3.63, 3.8) is 0 Å². The van der Waals surface area contributed by atoms with Gasteiger partial charge in [0, 0.05) is 38.5 Å². The molecule has 1 aromatic heterocycles. The highest BCUT2D eigenvalue weighted by atomic mass is 16.3. The molecule has 0 saturated carbocycles. The number of fused-ring (bicyclic) bond motifs is 1. The maximum atomic E-state index is 12.9. The van der Waals surface area contributed by atoms with Crippen molar-refractivity contribution >= 4 is 22.9 Å². The summed E-state index contributed by atoms with van der Waals surface area (Å²) in [5.74, 6) is 1.52. The fourth-order valence-electron chi connectivity index (χ4n) is 4.22. The lowest BCUT2D eigenvalue weighted by Crippen LogP contribution is -2.42. The molecule has 2 aliphatic heterocycles. The molecule has 144 valence electrons. The molecule has 2 saturated heterocycles. The minimum Gasteiger partial charge on any atom is -0.440 e. The van der Waals surface area contributed by atoms with Crippen LogP contribution in [0.25, 0.3) is 11.1 Å². The number of para-hydroxylation sites is 2. The molecular formula is C21H27N3O3. The molecule has 2 aromatic rings. The lowest BCUT2D eigenvalue weighted by molar-refractivity contribution is -0.136. The van der Waals surface area contributed by atoms with Crippen molar-refractivity contribution in [2.24, 2.45) is 11.8 Å². The molecule has 1 unspecified atom stereocenters. The second kappa shape index (κ2) is 7.33. The predicted molar refractivity (Wildman–Crippen MR) is 102 cm³/mol. The van der Waals surface area contributed by atoms with E-state index in [0.29, 0.717) is 32.0 Å². The number of rotatable bonds is 4. The molecule has 6 heteroatoms. The number of hydrogen-bond acceptors (Lipinski definition) is 4. The van der Waals surface area contributed by atoms with Crippen LogP contribution in [0.1, 0.15) is 44.9 Å². The summed E-state index contributed by atoms with van der Waals surface area (Å²) >= 11 is 0. The molecule has 0 bridgehead atoms. The van der Waals surface area contributed by atoms with Gasteiger partial charge in [0.25, 0.3) is 0 Å². The average Bonchev–Trinajstić information content (AvgIpc) is 3.25. The van der Waals surface area contributed by atoms with Crippen molar-refractivity contribution in [2.45, 2.75) is 39.0 Å². The Morgan fingerprint density at radius 2 is 2.00 bits per heavy atom. The van der Waals surface area contributed by atoms with Crippen molar-refractivity contribution < 1.29 is 14.0 Å². The van der Waals surface area contributed by atoms with E-state index in [-0.39, 0.29) is 23.7 Å². The van der Waals surface area contributed by atoms with Crippen LogP contribution in [0, 0.1) is 11.8 Å². The molecular weight excluding hydrogens is 342 g/mol. The van der Waals surface area contributed by atoms with Gasteiger partial charge in [0.15, 0.2) is 11.5 Å². The molecule has 3 heterocycles. The van der Waals surface area contributed by atoms with Crippen LogP contribution >= 0.6 is 0 Å². The number of piperidine rings is 1. The molecule has 2 fully saturated rings. The molecule has 4 rings (SSSR count). The van der Waals surface area contributed by atoms with Gasteiger partial charge in [-0.25, -0.2) is 4.98 Å². The van der Waals surface area contributed by atoms with Crippen molar-refractivity contribution in [2.75, 3.05) is 26.2 Å². The number of aromatic nitrogens is 1. The van der Waals surface area contributed by atoms with Crippen LogP contribution in [0.2, 0.25) is 0 Å². The van der Waals surface area contributed by atoms with Crippen molar-refractivity contribution in [1.29, 1.82) is 0 Å². The number of carbonyl (C=O) groups excluding carboxylic acids is 2. The lowest BCUT2D eigenvalue weighted by atomic mass is 9.95. The number of oxazole rings is 1. The van der Waals surface area contributed by atoms with Gasteiger partial charge >= 0.3 is 0 Å². The summed E-state index contributed by atoms with van der Waals surface area (Å²) in [4.78, 5) is 33.4. The molecule has 1 atom stereocenters. The monoisotopic (exact) mass is 369 g/mol. The Bertz CT molecular complexity index is 803. The van der Waals surface area contributed by atoms with Gasteiger partial charge in [0.05, 0.1) is 5.92 Å². The standard InChI is InChI=1S/C21H27N3O3/c1-14(2)12-24-13-16(11-19(24)25)21(26)23-9-7-15(8-10-23)20-22-17-5-3-4-6-18(17)27-20/h3-6,14-16H,7-13H2,1-2H3. The normalized spacial score (nSPS) is 21.6. The van der Waals surface area contributed by atoms with E-state index in [1.807, 2.05) is 34.1 Å². The molecule has 27 heavy (non-hydrogen) atoms. The predicted octanol–water partition coefficient (Wildman–Crippen LogP) is 3.04. The van der Waals surface area contributed by atoms with Crippen molar-refractivity contribution in [3.8, 4) is 0 Å². The van der Waals surface area contributed by atoms with E-state index >= 15 is 0 Å². The summed E-state index contributed by atoms with van der Waals surface area (Å²) < 4.78 is 5.90. The van der Waals surface area contributed by atoms with E-state index in [4.69, 9.17) is 4.42 Å². The SMILES string of the molecule is CC(C)CN1CC(C(=O)N2CCC(c3nc4ccccc4o3)CC2)CC1=O. The Morgan fingerprint density at radius 1 is 1.26 bits per heavy atom. The second-order valence-electron chi connectivity index (χ2n) is 8.21. The smallest absolute Gasteiger partial charge is 0.227 e. The third-order valence-electron chi connectivity index (χ3n) is 5.62. The first-order valence-electron chi connectivity index (χ1n) is 9.93. The van der Waals surface area contributed by atoms with Gasteiger partial charge in [0.1, 0.15) is 5.52 Å². The van der Waals surface area contributed by atoms with Gasteiger partial charge in [-0.2, -0.15) is 0 Å². The lowest BCUT2D eigenvalue weighted by Gasteiger charge is -2.32. The number of carbonyl (C=O) groups is 2. The first-order valence-corrected chi connectivity index (χ1v) is 9.93. The summed E-state index contributed by atoms with van der Waals surface area (Å²) in [7, 11) is 0. The van der Waals surface area contributed by atoms with Crippen LogP contribution < -0.4 is 0 Å². The van der Waals surface area contributed by atoms with Crippen LogP contribution in [0.15, 0.2) is 28.7 Å². The fourth-order valence-corrected chi connectivity index (χ4v) is 4.22. The molecule has 0 radical (unpaired) electrons. The molecule has 0 aliphatic carbocycles. The Balaban J connectivity index is 1.35. The van der Waals surface area contributed by atoms with Crippen molar-refractivity contribution in [1.82, 2.24) is 14.8 Å². The second-order valence-corrected chi connectivity index (χ2v) is 8.21. The van der Waals surface area contributed by atoms with Crippen LogP contribution in [0.4, 0.5) is 0 Å². The quantitative estimate of drug-likeness (QED) is 0.831. The summed E-state index contributed by atoms with van der Waals surface area (Å²) in [6.45, 7) is 6.91. The number of nitrogens with zero attached hydrogens (tertiary/aromatic N) is 3. The number of likely N-dealkylation sites (tertiary alicyclic amines) is 2. The van der Waals surface area contributed by atoms with Gasteiger partial charge in [-0.1, -0.05) is 26.0 Å². The molecule has 2 aliphatic rings. The Kier molecular flexibility index (Phi) is 4.89. The highest BCUT2D eigenvalue weighted by Gasteiger charge is 2.38. The largest absolute Gasteiger partial charge is 0.440 e. The van der Waals surface area contributed by atoms with E-state index < -0.39 is 0 Å². The van der Waals surface area contributed by atoms with Crippen LogP contribution in [-0.2, 0) is 9.59 Å². The third-order valence-corrected chi connectivity index (χ3v) is 5.62. The number of hydrogen-bond donors (Lipinski definition) is 0. The summed E-state index contributed by atoms with van der Waals surface area (Å²) in [6, 6.07) is 7.80. The van der Waals surface area contributed by atoms with Gasteiger partial charge < -0.3 is 14.2 Å². The van der Waals surface area contributed by atoms with Crippen LogP contribution in [0.5, 0.6) is 0 Å². The van der Waals surface area contributed by atoms with E-state index in [0.717, 1.165) is 36.4 Å². The zero-order chi connectivity index (χ0) is 19.0. The highest BCUT2D eigenvalue weighted by Crippen LogP contribution is 2.31.